The Labute approximate surface area is 141 Å². The molecule has 0 saturated carbocycles. The summed E-state index contributed by atoms with van der Waals surface area (Å²) in [5.41, 5.74) is 0.898. The minimum atomic E-state index is -0.128. The summed E-state index contributed by atoms with van der Waals surface area (Å²) in [6, 6.07) is 11.4. The summed E-state index contributed by atoms with van der Waals surface area (Å²) >= 11 is 0. The highest BCUT2D eigenvalue weighted by Crippen LogP contribution is 2.28. The predicted octanol–water partition coefficient (Wildman–Crippen LogP) is 2.78. The number of fused-ring (bicyclic) bond motifs is 2. The van der Waals surface area contributed by atoms with Crippen LogP contribution in [0.3, 0.4) is 0 Å². The van der Waals surface area contributed by atoms with E-state index in [9.17, 15) is 4.79 Å². The third kappa shape index (κ3) is 3.04. The predicted molar refractivity (Wildman–Crippen MR) is 91.1 cm³/mol. The molecule has 1 aromatic heterocycles. The van der Waals surface area contributed by atoms with Crippen molar-refractivity contribution in [3.8, 4) is 17.1 Å². The Morgan fingerprint density at radius 2 is 2.21 bits per heavy atom. The van der Waals surface area contributed by atoms with Crippen LogP contribution in [0.15, 0.2) is 40.8 Å². The zero-order valence-electron chi connectivity index (χ0n) is 13.8. The van der Waals surface area contributed by atoms with Crippen LogP contribution in [0.4, 0.5) is 0 Å². The number of methoxy groups -OCH3 is 1. The lowest BCUT2D eigenvalue weighted by molar-refractivity contribution is 0.0882. The Bertz CT molecular complexity index is 728. The third-order valence-corrected chi connectivity index (χ3v) is 4.99. The Balaban J connectivity index is 1.45. The first-order valence-electron chi connectivity index (χ1n) is 8.49. The quantitative estimate of drug-likeness (QED) is 0.939. The van der Waals surface area contributed by atoms with Crippen LogP contribution in [-0.2, 0) is 0 Å². The molecule has 5 nitrogen and oxygen atoms in total. The van der Waals surface area contributed by atoms with Crippen molar-refractivity contribution in [3.63, 3.8) is 0 Å². The third-order valence-electron chi connectivity index (χ3n) is 4.99. The molecule has 24 heavy (non-hydrogen) atoms. The number of carbonyl (C=O) groups is 1. The second-order valence-corrected chi connectivity index (χ2v) is 6.72. The average Bonchev–Trinajstić information content (AvgIpc) is 3.22. The number of nitrogens with zero attached hydrogens (tertiary/aromatic N) is 1. The molecule has 5 heteroatoms. The second kappa shape index (κ2) is 6.32. The van der Waals surface area contributed by atoms with Crippen LogP contribution in [0.25, 0.3) is 11.3 Å². The van der Waals surface area contributed by atoms with E-state index in [0.29, 0.717) is 11.5 Å². The van der Waals surface area contributed by atoms with Gasteiger partial charge >= 0.3 is 0 Å². The van der Waals surface area contributed by atoms with Crippen molar-refractivity contribution in [3.05, 3.63) is 42.2 Å². The number of rotatable bonds is 4. The minimum Gasteiger partial charge on any atom is -0.497 e. The van der Waals surface area contributed by atoms with Crippen molar-refractivity contribution in [1.29, 1.82) is 0 Å². The molecule has 2 fully saturated rings. The summed E-state index contributed by atoms with van der Waals surface area (Å²) in [5, 5.41) is 3.12. The number of hydrogen-bond acceptors (Lipinski definition) is 4. The van der Waals surface area contributed by atoms with Gasteiger partial charge in [-0.25, -0.2) is 0 Å². The lowest BCUT2D eigenvalue weighted by atomic mass is 9.97. The van der Waals surface area contributed by atoms with Crippen molar-refractivity contribution >= 4 is 5.91 Å². The molecule has 3 atom stereocenters. The molecule has 1 N–H and O–H groups in total. The highest BCUT2D eigenvalue weighted by Gasteiger charge is 2.33. The molecule has 126 valence electrons. The van der Waals surface area contributed by atoms with Gasteiger partial charge in [0.2, 0.25) is 0 Å². The van der Waals surface area contributed by atoms with E-state index >= 15 is 0 Å². The monoisotopic (exact) mass is 326 g/mol. The second-order valence-electron chi connectivity index (χ2n) is 6.72. The van der Waals surface area contributed by atoms with Crippen LogP contribution in [0.5, 0.6) is 5.75 Å². The number of piperidine rings is 1. The number of carbonyl (C=O) groups excluding carboxylic acids is 1. The van der Waals surface area contributed by atoms with Gasteiger partial charge in [0.05, 0.1) is 7.11 Å². The van der Waals surface area contributed by atoms with Gasteiger partial charge in [-0.1, -0.05) is 12.1 Å². The van der Waals surface area contributed by atoms with Gasteiger partial charge < -0.3 is 19.4 Å². The first-order valence-corrected chi connectivity index (χ1v) is 8.49. The lowest BCUT2D eigenvalue weighted by Gasteiger charge is -2.30. The van der Waals surface area contributed by atoms with Crippen LogP contribution in [0.2, 0.25) is 0 Å². The maximum absolute atomic E-state index is 12.5. The molecule has 2 aliphatic rings. The van der Waals surface area contributed by atoms with Gasteiger partial charge in [0, 0.05) is 24.7 Å². The number of hydrogen-bond donors (Lipinski definition) is 1. The zero-order valence-corrected chi connectivity index (χ0v) is 13.8. The highest BCUT2D eigenvalue weighted by atomic mass is 16.5. The molecule has 2 aromatic rings. The van der Waals surface area contributed by atoms with E-state index in [0.717, 1.165) is 36.7 Å². The molecule has 1 amide bonds. The molecule has 4 rings (SSSR count). The number of ether oxygens (including phenoxy) is 1. The Morgan fingerprint density at radius 3 is 3.04 bits per heavy atom. The van der Waals surface area contributed by atoms with Crippen LogP contribution < -0.4 is 10.1 Å². The van der Waals surface area contributed by atoms with E-state index in [-0.39, 0.29) is 11.9 Å². The standard InChI is InChI=1S/C19H22N2O3/c1-23-16-4-2-3-14(10-16)17-5-6-18(24-17)19(22)20-15-9-13-7-8-21(11-13)12-15/h2-6,10,13,15H,7-9,11-12H2,1H3,(H,20,22)/t13-,15+/m0/s1. The maximum atomic E-state index is 12.5. The lowest BCUT2D eigenvalue weighted by Crippen LogP contribution is -2.46. The van der Waals surface area contributed by atoms with Crippen molar-refractivity contribution in [2.75, 3.05) is 26.7 Å². The van der Waals surface area contributed by atoms with E-state index in [1.807, 2.05) is 30.3 Å². The van der Waals surface area contributed by atoms with Gasteiger partial charge in [0.25, 0.3) is 5.91 Å². The fourth-order valence-corrected chi connectivity index (χ4v) is 3.81. The molecule has 1 unspecified atom stereocenters. The minimum absolute atomic E-state index is 0.128. The number of nitrogens with one attached hydrogen (secondary N) is 1. The fourth-order valence-electron chi connectivity index (χ4n) is 3.81. The molecular weight excluding hydrogens is 304 g/mol. The normalized spacial score (nSPS) is 25.5. The van der Waals surface area contributed by atoms with Gasteiger partial charge in [-0.2, -0.15) is 0 Å². The molecule has 2 saturated heterocycles. The summed E-state index contributed by atoms with van der Waals surface area (Å²) in [6.45, 7) is 3.30. The van der Waals surface area contributed by atoms with E-state index in [1.165, 1.54) is 13.0 Å². The van der Waals surface area contributed by atoms with Crippen LogP contribution >= 0.6 is 0 Å². The van der Waals surface area contributed by atoms with Gasteiger partial charge in [-0.15, -0.1) is 0 Å². The largest absolute Gasteiger partial charge is 0.497 e. The Kier molecular flexibility index (Phi) is 4.02. The van der Waals surface area contributed by atoms with Crippen molar-refractivity contribution in [1.82, 2.24) is 10.2 Å². The van der Waals surface area contributed by atoms with E-state index < -0.39 is 0 Å². The molecule has 0 aliphatic carbocycles. The number of furan rings is 1. The molecular formula is C19H22N2O3. The highest BCUT2D eigenvalue weighted by molar-refractivity contribution is 5.92. The molecule has 2 aliphatic heterocycles. The van der Waals surface area contributed by atoms with Gasteiger partial charge in [-0.05, 0) is 49.6 Å². The van der Waals surface area contributed by atoms with Crippen molar-refractivity contribution in [2.45, 2.75) is 18.9 Å². The Hall–Kier alpha value is -2.27. The zero-order chi connectivity index (χ0) is 16.5. The fraction of sp³-hybridized carbons (Fsp3) is 0.421. The van der Waals surface area contributed by atoms with Gasteiger partial charge in [0.1, 0.15) is 11.5 Å². The summed E-state index contributed by atoms with van der Waals surface area (Å²) in [4.78, 5) is 14.9. The van der Waals surface area contributed by atoms with Gasteiger partial charge in [-0.3, -0.25) is 4.79 Å². The first-order chi connectivity index (χ1) is 11.7. The van der Waals surface area contributed by atoms with Gasteiger partial charge in [0.15, 0.2) is 5.76 Å². The molecule has 1 aromatic carbocycles. The smallest absolute Gasteiger partial charge is 0.287 e. The van der Waals surface area contributed by atoms with Crippen molar-refractivity contribution < 1.29 is 13.9 Å². The average molecular weight is 326 g/mol. The first kappa shape index (κ1) is 15.3. The number of amides is 1. The SMILES string of the molecule is COc1cccc(-c2ccc(C(=O)N[C@@H]3C[C@@H]4CCN(C4)C3)o2)c1. The van der Waals surface area contributed by atoms with Crippen LogP contribution in [0, 0.1) is 5.92 Å². The van der Waals surface area contributed by atoms with E-state index in [1.54, 1.807) is 13.2 Å². The van der Waals surface area contributed by atoms with E-state index in [4.69, 9.17) is 9.15 Å². The van der Waals surface area contributed by atoms with Crippen LogP contribution in [-0.4, -0.2) is 43.6 Å². The van der Waals surface area contributed by atoms with Crippen LogP contribution in [0.1, 0.15) is 23.4 Å². The molecule has 0 radical (unpaired) electrons. The molecule has 3 heterocycles. The summed E-state index contributed by atoms with van der Waals surface area (Å²) in [6.07, 6.45) is 2.33. The Morgan fingerprint density at radius 1 is 1.29 bits per heavy atom. The number of benzene rings is 1. The summed E-state index contributed by atoms with van der Waals surface area (Å²) < 4.78 is 11.0. The topological polar surface area (TPSA) is 54.7 Å². The molecule has 2 bridgehead atoms. The van der Waals surface area contributed by atoms with Crippen molar-refractivity contribution in [2.24, 2.45) is 5.92 Å². The summed E-state index contributed by atoms with van der Waals surface area (Å²) in [7, 11) is 1.63. The molecule has 0 spiro atoms. The summed E-state index contributed by atoms with van der Waals surface area (Å²) in [5.74, 6) is 2.40. The maximum Gasteiger partial charge on any atom is 0.287 e. The van der Waals surface area contributed by atoms with E-state index in [2.05, 4.69) is 10.2 Å².